The molecule has 0 fully saturated rings. The van der Waals surface area contributed by atoms with E-state index in [1.807, 2.05) is 0 Å². The number of hydrogen-bond acceptors (Lipinski definition) is 6. The Morgan fingerprint density at radius 3 is 2.67 bits per heavy atom. The zero-order valence-corrected chi connectivity index (χ0v) is 15.2. The van der Waals surface area contributed by atoms with E-state index >= 15 is 0 Å². The highest BCUT2D eigenvalue weighted by Crippen LogP contribution is 2.30. The van der Waals surface area contributed by atoms with Crippen LogP contribution < -0.4 is 14.2 Å². The van der Waals surface area contributed by atoms with Gasteiger partial charge in [0.05, 0.1) is 47.5 Å². The van der Waals surface area contributed by atoms with Crippen LogP contribution in [0.4, 0.5) is 8.78 Å². The minimum Gasteiger partial charge on any atom is -0.493 e. The number of nitrogens with zero attached hydrogens (tertiary/aromatic N) is 2. The van der Waals surface area contributed by atoms with Gasteiger partial charge in [0.1, 0.15) is 5.75 Å². The van der Waals surface area contributed by atoms with Crippen LogP contribution >= 0.6 is 0 Å². The number of fused-ring (bicyclic) bond motifs is 1. The number of benzene rings is 1. The number of imidazole rings is 1. The largest absolute Gasteiger partial charge is 0.493 e. The Labute approximate surface area is 155 Å². The molecule has 0 aliphatic heterocycles. The van der Waals surface area contributed by atoms with Gasteiger partial charge >= 0.3 is 6.61 Å². The molecule has 3 N–H and O–H groups in total. The molecule has 0 bridgehead atoms. The van der Waals surface area contributed by atoms with Crippen LogP contribution in [-0.4, -0.2) is 45.5 Å². The maximum atomic E-state index is 12.6. The highest BCUT2D eigenvalue weighted by molar-refractivity contribution is 7.84. The van der Waals surface area contributed by atoms with Crippen molar-refractivity contribution in [2.75, 3.05) is 14.2 Å². The smallest absolute Gasteiger partial charge is 0.387 e. The molecule has 3 rings (SSSR count). The number of pyridine rings is 1. The minimum absolute atomic E-state index is 0. The van der Waals surface area contributed by atoms with Gasteiger partial charge in [-0.3, -0.25) is 9.19 Å². The number of methoxy groups -OCH3 is 2. The second kappa shape index (κ2) is 8.73. The maximum Gasteiger partial charge on any atom is 0.387 e. The van der Waals surface area contributed by atoms with E-state index in [0.717, 1.165) is 0 Å². The first-order chi connectivity index (χ1) is 12.5. The summed E-state index contributed by atoms with van der Waals surface area (Å²) >= 11 is 0. The molecule has 0 radical (unpaired) electrons. The fourth-order valence-corrected chi connectivity index (χ4v) is 3.41. The Morgan fingerprint density at radius 2 is 2.00 bits per heavy atom. The van der Waals surface area contributed by atoms with Gasteiger partial charge in [0.2, 0.25) is 0 Å². The molecule has 27 heavy (non-hydrogen) atoms. The predicted molar refractivity (Wildman–Crippen MR) is 93.8 cm³/mol. The molecule has 3 aromatic rings. The van der Waals surface area contributed by atoms with E-state index in [9.17, 15) is 13.0 Å². The first-order valence-corrected chi connectivity index (χ1v) is 8.72. The van der Waals surface area contributed by atoms with E-state index in [-0.39, 0.29) is 22.1 Å². The van der Waals surface area contributed by atoms with E-state index in [4.69, 9.17) is 9.47 Å². The van der Waals surface area contributed by atoms with Crippen LogP contribution in [0.1, 0.15) is 5.69 Å². The quantitative estimate of drug-likeness (QED) is 0.647. The standard InChI is InChI=1S/C16H15F2N3O4S.H2O/c1-23-13-5-6-19-12(14(13)24-2)8-26(22)16-20-10-4-3-9(25-15(17)18)7-11(10)21-16;/h3-7,15H,8H2,1-2H3,(H,20,21);1H2/t26-;/m0./s1. The van der Waals surface area contributed by atoms with Gasteiger partial charge in [-0.05, 0) is 12.1 Å². The van der Waals surface area contributed by atoms with Crippen molar-refractivity contribution < 1.29 is 32.7 Å². The molecule has 1 atom stereocenters. The lowest BCUT2D eigenvalue weighted by molar-refractivity contribution is -0.0497. The van der Waals surface area contributed by atoms with Crippen molar-refractivity contribution in [3.63, 3.8) is 0 Å². The molecule has 0 aliphatic rings. The van der Waals surface area contributed by atoms with E-state index in [2.05, 4.69) is 19.7 Å². The van der Waals surface area contributed by atoms with Gasteiger partial charge in [0.15, 0.2) is 16.7 Å². The summed E-state index contributed by atoms with van der Waals surface area (Å²) in [4.78, 5) is 11.3. The zero-order valence-electron chi connectivity index (χ0n) is 14.4. The summed E-state index contributed by atoms with van der Waals surface area (Å²) in [5.74, 6) is 0.908. The number of ether oxygens (including phenoxy) is 3. The first-order valence-electron chi connectivity index (χ1n) is 7.40. The number of halogens is 2. The average Bonchev–Trinajstić information content (AvgIpc) is 3.04. The molecule has 146 valence electrons. The predicted octanol–water partition coefficient (Wildman–Crippen LogP) is 2.06. The summed E-state index contributed by atoms with van der Waals surface area (Å²) in [6.07, 6.45) is 1.53. The Hall–Kier alpha value is -2.79. The highest BCUT2D eigenvalue weighted by atomic mass is 32.2. The van der Waals surface area contributed by atoms with Crippen molar-refractivity contribution in [2.45, 2.75) is 17.5 Å². The first kappa shape index (κ1) is 20.5. The molecule has 2 heterocycles. The van der Waals surface area contributed by atoms with Gasteiger partial charge in [-0.2, -0.15) is 8.78 Å². The van der Waals surface area contributed by atoms with Crippen molar-refractivity contribution in [1.29, 1.82) is 0 Å². The van der Waals surface area contributed by atoms with Gasteiger partial charge in [-0.1, -0.05) is 0 Å². The molecule has 2 aromatic heterocycles. The third-order valence-electron chi connectivity index (χ3n) is 3.51. The number of nitrogens with one attached hydrogen (secondary N) is 1. The molecule has 0 saturated heterocycles. The van der Waals surface area contributed by atoms with Crippen LogP contribution in [0.5, 0.6) is 17.2 Å². The third-order valence-corrected chi connectivity index (χ3v) is 4.67. The Morgan fingerprint density at radius 1 is 1.22 bits per heavy atom. The Kier molecular flexibility index (Phi) is 6.64. The van der Waals surface area contributed by atoms with E-state index in [1.54, 1.807) is 6.07 Å². The van der Waals surface area contributed by atoms with Crippen LogP contribution in [0, 0.1) is 0 Å². The molecule has 0 aliphatic carbocycles. The monoisotopic (exact) mass is 401 g/mol. The number of hydrogen-bond donors (Lipinski definition) is 1. The molecule has 11 heteroatoms. The lowest BCUT2D eigenvalue weighted by Gasteiger charge is -2.10. The minimum atomic E-state index is -2.92. The number of rotatable bonds is 7. The molecule has 0 unspecified atom stereocenters. The fourth-order valence-electron chi connectivity index (χ4n) is 2.40. The lowest BCUT2D eigenvalue weighted by Crippen LogP contribution is -2.04. The zero-order chi connectivity index (χ0) is 18.7. The fraction of sp³-hybridized carbons (Fsp3) is 0.250. The van der Waals surface area contributed by atoms with Crippen molar-refractivity contribution >= 4 is 21.8 Å². The molecular weight excluding hydrogens is 384 g/mol. The Balaban J connectivity index is 0.00000261. The topological polar surface area (TPSA) is 118 Å². The number of H-pyrrole nitrogens is 1. The van der Waals surface area contributed by atoms with Crippen molar-refractivity contribution in [3.05, 3.63) is 36.2 Å². The second-order valence-corrected chi connectivity index (χ2v) is 6.45. The number of aromatic amines is 1. The summed E-state index contributed by atoms with van der Waals surface area (Å²) < 4.78 is 52.1. The summed E-state index contributed by atoms with van der Waals surface area (Å²) in [6.45, 7) is -2.92. The lowest BCUT2D eigenvalue weighted by atomic mass is 10.3. The Bertz CT molecular complexity index is 951. The van der Waals surface area contributed by atoms with Gasteiger partial charge in [-0.15, -0.1) is 0 Å². The number of alkyl halides is 2. The molecule has 1 aromatic carbocycles. The van der Waals surface area contributed by atoms with Crippen LogP contribution in [-0.2, 0) is 16.6 Å². The average molecular weight is 401 g/mol. The number of aromatic nitrogens is 3. The van der Waals surface area contributed by atoms with Crippen LogP contribution in [0.3, 0.4) is 0 Å². The normalized spacial score (nSPS) is 11.9. The highest BCUT2D eigenvalue weighted by Gasteiger charge is 2.17. The van der Waals surface area contributed by atoms with E-state index in [0.29, 0.717) is 28.2 Å². The molecular formula is C16H17F2N3O5S. The second-order valence-electron chi connectivity index (χ2n) is 5.08. The maximum absolute atomic E-state index is 12.6. The SMILES string of the molecule is COc1ccnc(C[S@](=O)c2nc3ccc(OC(F)F)cc3[nH]2)c1OC.O. The van der Waals surface area contributed by atoms with Gasteiger partial charge in [-0.25, -0.2) is 4.98 Å². The summed E-state index contributed by atoms with van der Waals surface area (Å²) in [5.41, 5.74) is 1.38. The summed E-state index contributed by atoms with van der Waals surface area (Å²) in [6, 6.07) is 5.89. The van der Waals surface area contributed by atoms with Crippen molar-refractivity contribution in [1.82, 2.24) is 15.0 Å². The van der Waals surface area contributed by atoms with E-state index in [1.165, 1.54) is 38.6 Å². The van der Waals surface area contributed by atoms with Crippen LogP contribution in [0.25, 0.3) is 11.0 Å². The van der Waals surface area contributed by atoms with E-state index < -0.39 is 17.4 Å². The summed E-state index contributed by atoms with van der Waals surface area (Å²) in [5, 5.41) is 0.195. The van der Waals surface area contributed by atoms with Crippen LogP contribution in [0.2, 0.25) is 0 Å². The van der Waals surface area contributed by atoms with Gasteiger partial charge in [0, 0.05) is 18.3 Å². The van der Waals surface area contributed by atoms with Gasteiger partial charge in [0.25, 0.3) is 0 Å². The summed E-state index contributed by atoms with van der Waals surface area (Å²) in [7, 11) is 1.41. The molecule has 0 amide bonds. The molecule has 0 spiro atoms. The molecule has 0 saturated carbocycles. The third kappa shape index (κ3) is 4.49. The van der Waals surface area contributed by atoms with Crippen molar-refractivity contribution in [3.8, 4) is 17.2 Å². The van der Waals surface area contributed by atoms with Crippen LogP contribution in [0.15, 0.2) is 35.6 Å². The van der Waals surface area contributed by atoms with Gasteiger partial charge < -0.3 is 24.7 Å². The van der Waals surface area contributed by atoms with Crippen molar-refractivity contribution in [2.24, 2.45) is 0 Å². The molecule has 8 nitrogen and oxygen atoms in total.